The highest BCUT2D eigenvalue weighted by Crippen LogP contribution is 2.40. The topological polar surface area (TPSA) is 90.5 Å². The number of carbonyl (C=O) groups excluding carboxylic acids is 3. The Balaban J connectivity index is 1.18. The van der Waals surface area contributed by atoms with E-state index >= 15 is 0 Å². The van der Waals surface area contributed by atoms with Crippen molar-refractivity contribution in [1.29, 1.82) is 0 Å². The molecule has 0 aromatic heterocycles. The molecule has 1 aromatic rings. The summed E-state index contributed by atoms with van der Waals surface area (Å²) in [6.45, 7) is 3.26. The quantitative estimate of drug-likeness (QED) is 0.648. The maximum absolute atomic E-state index is 12.9. The molecule has 1 spiro atoms. The second kappa shape index (κ2) is 7.22. The summed E-state index contributed by atoms with van der Waals surface area (Å²) in [7, 11) is 0. The molecule has 1 aromatic carbocycles. The number of imide groups is 1. The highest BCUT2D eigenvalue weighted by Gasteiger charge is 2.43. The fourth-order valence-electron chi connectivity index (χ4n) is 5.32. The van der Waals surface area contributed by atoms with Crippen molar-refractivity contribution in [3.8, 4) is 0 Å². The first-order valence-electron chi connectivity index (χ1n) is 10.8. The molecule has 3 aliphatic heterocycles. The fraction of sp³-hybridized carbons (Fsp3) is 0.591. The van der Waals surface area contributed by atoms with Crippen molar-refractivity contribution >= 4 is 17.7 Å². The molecule has 5 rings (SSSR count). The van der Waals surface area contributed by atoms with E-state index in [4.69, 9.17) is 0 Å². The van der Waals surface area contributed by atoms with Crippen molar-refractivity contribution in [3.63, 3.8) is 0 Å². The van der Waals surface area contributed by atoms with Gasteiger partial charge in [-0.2, -0.15) is 0 Å². The second-order valence-corrected chi connectivity index (χ2v) is 9.11. The molecule has 0 radical (unpaired) electrons. The summed E-state index contributed by atoms with van der Waals surface area (Å²) in [6.07, 6.45) is 5.94. The van der Waals surface area contributed by atoms with Crippen molar-refractivity contribution in [2.45, 2.75) is 63.2 Å². The largest absolute Gasteiger partial charge is 0.322 e. The van der Waals surface area contributed by atoms with Gasteiger partial charge in [0.05, 0.1) is 0 Å². The molecule has 3 N–H and O–H groups in total. The van der Waals surface area contributed by atoms with Gasteiger partial charge in [-0.3, -0.25) is 19.7 Å². The van der Waals surface area contributed by atoms with Gasteiger partial charge in [0.25, 0.3) is 5.91 Å². The molecule has 7 nitrogen and oxygen atoms in total. The molecule has 1 aliphatic carbocycles. The summed E-state index contributed by atoms with van der Waals surface area (Å²) in [6, 6.07) is 5.46. The molecule has 0 bridgehead atoms. The number of amides is 3. The number of hydrogen-bond acceptors (Lipinski definition) is 5. The molecule has 1 saturated carbocycles. The molecule has 3 amide bonds. The number of nitrogens with one attached hydrogen (secondary N) is 3. The van der Waals surface area contributed by atoms with Gasteiger partial charge in [-0.25, -0.2) is 0 Å². The zero-order valence-electron chi connectivity index (χ0n) is 16.6. The number of carbonyl (C=O) groups is 3. The van der Waals surface area contributed by atoms with Crippen LogP contribution in [0.25, 0.3) is 0 Å². The smallest absolute Gasteiger partial charge is 0.255 e. The number of hydrogen-bond donors (Lipinski definition) is 3. The van der Waals surface area contributed by atoms with Crippen LogP contribution in [0, 0.1) is 5.92 Å². The van der Waals surface area contributed by atoms with Gasteiger partial charge in [-0.1, -0.05) is 12.1 Å². The van der Waals surface area contributed by atoms with E-state index in [0.717, 1.165) is 30.8 Å². The molecule has 3 fully saturated rings. The van der Waals surface area contributed by atoms with Gasteiger partial charge in [0.1, 0.15) is 6.04 Å². The third-order valence-electron chi connectivity index (χ3n) is 7.11. The van der Waals surface area contributed by atoms with Gasteiger partial charge in [-0.05, 0) is 68.3 Å². The van der Waals surface area contributed by atoms with Gasteiger partial charge < -0.3 is 15.5 Å². The minimum Gasteiger partial charge on any atom is -0.322 e. The summed E-state index contributed by atoms with van der Waals surface area (Å²) in [5.74, 6) is -0.0548. The number of benzene rings is 1. The lowest BCUT2D eigenvalue weighted by Gasteiger charge is -2.38. The van der Waals surface area contributed by atoms with Crippen molar-refractivity contribution in [3.05, 3.63) is 34.9 Å². The highest BCUT2D eigenvalue weighted by atomic mass is 16.2. The van der Waals surface area contributed by atoms with Crippen molar-refractivity contribution in [2.75, 3.05) is 13.1 Å². The monoisotopic (exact) mass is 396 g/mol. The minimum absolute atomic E-state index is 0.108. The average molecular weight is 396 g/mol. The molecule has 2 atom stereocenters. The molecular formula is C22H28N4O3. The maximum atomic E-state index is 12.9. The predicted octanol–water partition coefficient (Wildman–Crippen LogP) is 1.07. The van der Waals surface area contributed by atoms with Gasteiger partial charge in [0, 0.05) is 30.6 Å². The van der Waals surface area contributed by atoms with E-state index in [0.29, 0.717) is 30.0 Å². The van der Waals surface area contributed by atoms with Crippen LogP contribution in [0.2, 0.25) is 0 Å². The number of piperidine rings is 1. The van der Waals surface area contributed by atoms with Crippen molar-refractivity contribution < 1.29 is 14.4 Å². The van der Waals surface area contributed by atoms with Crippen LogP contribution in [0.5, 0.6) is 0 Å². The molecule has 29 heavy (non-hydrogen) atoms. The second-order valence-electron chi connectivity index (χ2n) is 9.11. The van der Waals surface area contributed by atoms with Gasteiger partial charge in [0.2, 0.25) is 11.8 Å². The fourth-order valence-corrected chi connectivity index (χ4v) is 5.32. The molecular weight excluding hydrogens is 368 g/mol. The third-order valence-corrected chi connectivity index (χ3v) is 7.11. The summed E-state index contributed by atoms with van der Waals surface area (Å²) < 4.78 is 0. The Labute approximate surface area is 170 Å². The van der Waals surface area contributed by atoms with Gasteiger partial charge in [0.15, 0.2) is 0 Å². The third kappa shape index (κ3) is 3.46. The zero-order valence-corrected chi connectivity index (χ0v) is 16.6. The van der Waals surface area contributed by atoms with E-state index < -0.39 is 6.04 Å². The lowest BCUT2D eigenvalue weighted by Crippen LogP contribution is -2.52. The van der Waals surface area contributed by atoms with Crippen molar-refractivity contribution in [1.82, 2.24) is 20.9 Å². The number of rotatable bonds is 5. The van der Waals surface area contributed by atoms with Crippen LogP contribution in [0.15, 0.2) is 18.2 Å². The normalized spacial score (nSPS) is 27.9. The highest BCUT2D eigenvalue weighted by molar-refractivity contribution is 6.05. The van der Waals surface area contributed by atoms with E-state index in [1.807, 2.05) is 12.1 Å². The van der Waals surface area contributed by atoms with E-state index in [2.05, 4.69) is 22.0 Å². The first-order valence-corrected chi connectivity index (χ1v) is 10.8. The molecule has 2 saturated heterocycles. The van der Waals surface area contributed by atoms with E-state index in [1.54, 1.807) is 4.90 Å². The Morgan fingerprint density at radius 1 is 1.21 bits per heavy atom. The van der Waals surface area contributed by atoms with Gasteiger partial charge in [-0.15, -0.1) is 0 Å². The first kappa shape index (κ1) is 18.8. The Kier molecular flexibility index (Phi) is 4.67. The molecule has 2 unspecified atom stereocenters. The Bertz CT molecular complexity index is 864. The minimum atomic E-state index is -0.553. The average Bonchev–Trinajstić information content (AvgIpc) is 3.24. The van der Waals surface area contributed by atoms with Gasteiger partial charge >= 0.3 is 0 Å². The maximum Gasteiger partial charge on any atom is 0.255 e. The molecule has 4 aliphatic rings. The standard InChI is InChI=1S/C22H28N4O3/c27-19-5-4-18(20(28)25-19)26-13-16-3-2-14(8-17(16)21(26)29)10-23-11-15-9-22(24-12-15)6-1-7-22/h2-3,8,15,18,23-24H,1,4-7,9-13H2,(H,25,27,28). The molecule has 154 valence electrons. The Morgan fingerprint density at radius 2 is 2.07 bits per heavy atom. The molecule has 7 heteroatoms. The van der Waals surface area contributed by atoms with Crippen LogP contribution in [-0.4, -0.2) is 47.3 Å². The van der Waals surface area contributed by atoms with Crippen LogP contribution in [0.1, 0.15) is 60.0 Å². The van der Waals surface area contributed by atoms with Crippen LogP contribution >= 0.6 is 0 Å². The number of fused-ring (bicyclic) bond motifs is 1. The van der Waals surface area contributed by atoms with E-state index in [9.17, 15) is 14.4 Å². The summed E-state index contributed by atoms with van der Waals surface area (Å²) in [5, 5.41) is 9.61. The van der Waals surface area contributed by atoms with E-state index in [-0.39, 0.29) is 24.1 Å². The predicted molar refractivity (Wildman–Crippen MR) is 107 cm³/mol. The van der Waals surface area contributed by atoms with Crippen molar-refractivity contribution in [2.24, 2.45) is 5.92 Å². The lowest BCUT2D eigenvalue weighted by atomic mass is 9.74. The summed E-state index contributed by atoms with van der Waals surface area (Å²) in [5.41, 5.74) is 3.16. The molecule has 3 heterocycles. The summed E-state index contributed by atoms with van der Waals surface area (Å²) in [4.78, 5) is 38.0. The Morgan fingerprint density at radius 3 is 2.79 bits per heavy atom. The van der Waals surface area contributed by atoms with Crippen LogP contribution in [0.4, 0.5) is 0 Å². The Hall–Kier alpha value is -2.25. The van der Waals surface area contributed by atoms with Crippen LogP contribution in [-0.2, 0) is 22.7 Å². The van der Waals surface area contributed by atoms with Crippen LogP contribution < -0.4 is 16.0 Å². The lowest BCUT2D eigenvalue weighted by molar-refractivity contribution is -0.136. The number of nitrogens with zero attached hydrogens (tertiary/aromatic N) is 1. The first-order chi connectivity index (χ1) is 14.0. The van der Waals surface area contributed by atoms with Crippen LogP contribution in [0.3, 0.4) is 0 Å². The SMILES string of the molecule is O=C1CCC(N2Cc3ccc(CNCC4CNC5(CCC5)C4)cc3C2=O)C(=O)N1. The summed E-state index contributed by atoms with van der Waals surface area (Å²) >= 11 is 0. The van der Waals surface area contributed by atoms with E-state index in [1.165, 1.54) is 25.7 Å². The zero-order chi connectivity index (χ0) is 20.0.